The quantitative estimate of drug-likeness (QED) is 0.820. The van der Waals surface area contributed by atoms with E-state index in [9.17, 15) is 27.2 Å². The van der Waals surface area contributed by atoms with Crippen LogP contribution in [0, 0.1) is 5.82 Å². The first-order valence-corrected chi connectivity index (χ1v) is 7.68. The van der Waals surface area contributed by atoms with Crippen LogP contribution in [0.25, 0.3) is 0 Å². The number of hydrogen-bond acceptors (Lipinski definition) is 2. The summed E-state index contributed by atoms with van der Waals surface area (Å²) < 4.78 is 52.0. The summed E-state index contributed by atoms with van der Waals surface area (Å²) in [5.74, 6) is -1.84. The molecule has 2 amide bonds. The average Bonchev–Trinajstić information content (AvgIpc) is 2.58. The molecule has 0 heterocycles. The Kier molecular flexibility index (Phi) is 5.97. The third kappa shape index (κ3) is 4.81. The van der Waals surface area contributed by atoms with Crippen molar-refractivity contribution >= 4 is 17.5 Å². The van der Waals surface area contributed by atoms with Gasteiger partial charge < -0.3 is 10.2 Å². The topological polar surface area (TPSA) is 49.4 Å². The van der Waals surface area contributed by atoms with Gasteiger partial charge in [-0.1, -0.05) is 18.2 Å². The number of hydrogen-bond donors (Lipinski definition) is 1. The molecule has 0 aliphatic carbocycles. The zero-order chi connectivity index (χ0) is 19.3. The van der Waals surface area contributed by atoms with Crippen molar-refractivity contribution in [1.82, 2.24) is 5.32 Å². The van der Waals surface area contributed by atoms with Gasteiger partial charge in [0.2, 0.25) is 5.91 Å². The van der Waals surface area contributed by atoms with E-state index in [1.807, 2.05) is 0 Å². The number of nitrogens with zero attached hydrogens (tertiary/aromatic N) is 1. The van der Waals surface area contributed by atoms with Crippen molar-refractivity contribution in [1.29, 1.82) is 0 Å². The molecule has 8 heteroatoms. The number of carbonyl (C=O) groups is 2. The normalized spacial score (nSPS) is 11.1. The van der Waals surface area contributed by atoms with Gasteiger partial charge in [0, 0.05) is 25.7 Å². The van der Waals surface area contributed by atoms with Crippen LogP contribution in [-0.2, 0) is 11.0 Å². The van der Waals surface area contributed by atoms with Crippen LogP contribution in [-0.4, -0.2) is 24.9 Å². The van der Waals surface area contributed by atoms with Crippen molar-refractivity contribution in [3.63, 3.8) is 0 Å². The molecule has 0 unspecified atom stereocenters. The molecular weight excluding hydrogens is 352 g/mol. The summed E-state index contributed by atoms with van der Waals surface area (Å²) in [5, 5.41) is 2.44. The van der Waals surface area contributed by atoms with E-state index in [2.05, 4.69) is 5.32 Å². The standard InChI is InChI=1S/C18H16F4N2O2/c1-12(25)24(14-6-4-5-13(11-14)18(20,21)22)10-9-23-17(26)15-7-2-3-8-16(15)19/h2-8,11H,9-10H2,1H3,(H,23,26). The van der Waals surface area contributed by atoms with Crippen LogP contribution >= 0.6 is 0 Å². The number of carbonyl (C=O) groups excluding carboxylic acids is 2. The van der Waals surface area contributed by atoms with E-state index in [-0.39, 0.29) is 24.3 Å². The summed E-state index contributed by atoms with van der Waals surface area (Å²) in [7, 11) is 0. The van der Waals surface area contributed by atoms with Crippen molar-refractivity contribution in [2.24, 2.45) is 0 Å². The van der Waals surface area contributed by atoms with Crippen LogP contribution in [0.3, 0.4) is 0 Å². The zero-order valence-corrected chi connectivity index (χ0v) is 13.8. The highest BCUT2D eigenvalue weighted by atomic mass is 19.4. The maximum Gasteiger partial charge on any atom is 0.416 e. The van der Waals surface area contributed by atoms with Crippen LogP contribution in [0.2, 0.25) is 0 Å². The largest absolute Gasteiger partial charge is 0.416 e. The van der Waals surface area contributed by atoms with Crippen molar-refractivity contribution in [2.75, 3.05) is 18.0 Å². The molecule has 4 nitrogen and oxygen atoms in total. The van der Waals surface area contributed by atoms with Gasteiger partial charge in [-0.05, 0) is 30.3 Å². The van der Waals surface area contributed by atoms with Crippen LogP contribution in [0.5, 0.6) is 0 Å². The molecule has 0 fully saturated rings. The van der Waals surface area contributed by atoms with Gasteiger partial charge in [0.25, 0.3) is 5.91 Å². The summed E-state index contributed by atoms with van der Waals surface area (Å²) in [4.78, 5) is 24.8. The first-order valence-electron chi connectivity index (χ1n) is 7.68. The molecule has 2 rings (SSSR count). The van der Waals surface area contributed by atoms with E-state index in [0.29, 0.717) is 0 Å². The molecule has 0 bridgehead atoms. The summed E-state index contributed by atoms with van der Waals surface area (Å²) in [5.41, 5.74) is -0.968. The molecular formula is C18H16F4N2O2. The Morgan fingerprint density at radius 3 is 2.38 bits per heavy atom. The Bertz CT molecular complexity index is 806. The van der Waals surface area contributed by atoms with E-state index in [1.165, 1.54) is 37.3 Å². The molecule has 0 spiro atoms. The van der Waals surface area contributed by atoms with Gasteiger partial charge in [-0.2, -0.15) is 13.2 Å². The van der Waals surface area contributed by atoms with Gasteiger partial charge >= 0.3 is 6.18 Å². The number of amides is 2. The second kappa shape index (κ2) is 7.99. The zero-order valence-electron chi connectivity index (χ0n) is 13.8. The highest BCUT2D eigenvalue weighted by molar-refractivity contribution is 5.95. The Morgan fingerprint density at radius 2 is 1.77 bits per heavy atom. The second-order valence-electron chi connectivity index (χ2n) is 5.45. The van der Waals surface area contributed by atoms with Gasteiger partial charge in [0.15, 0.2) is 0 Å². The van der Waals surface area contributed by atoms with Crippen molar-refractivity contribution in [3.8, 4) is 0 Å². The summed E-state index contributed by atoms with van der Waals surface area (Å²) in [6, 6.07) is 9.72. The number of rotatable bonds is 5. The number of alkyl halides is 3. The molecule has 0 atom stereocenters. The van der Waals surface area contributed by atoms with Crippen LogP contribution in [0.4, 0.5) is 23.2 Å². The SMILES string of the molecule is CC(=O)N(CCNC(=O)c1ccccc1F)c1cccc(C(F)(F)F)c1. The van der Waals surface area contributed by atoms with E-state index in [0.717, 1.165) is 23.1 Å². The fraction of sp³-hybridized carbons (Fsp3) is 0.222. The lowest BCUT2D eigenvalue weighted by Gasteiger charge is -2.22. The van der Waals surface area contributed by atoms with Gasteiger partial charge in [-0.25, -0.2) is 4.39 Å². The first kappa shape index (κ1) is 19.4. The smallest absolute Gasteiger partial charge is 0.350 e. The Balaban J connectivity index is 2.07. The lowest BCUT2D eigenvalue weighted by Crippen LogP contribution is -2.37. The summed E-state index contributed by atoms with van der Waals surface area (Å²) in [6.07, 6.45) is -4.53. The van der Waals surface area contributed by atoms with E-state index in [4.69, 9.17) is 0 Å². The highest BCUT2D eigenvalue weighted by Gasteiger charge is 2.31. The molecule has 1 N–H and O–H groups in total. The highest BCUT2D eigenvalue weighted by Crippen LogP contribution is 2.31. The Labute approximate surface area is 147 Å². The number of benzene rings is 2. The third-order valence-electron chi connectivity index (χ3n) is 3.60. The van der Waals surface area contributed by atoms with Gasteiger partial charge in [-0.15, -0.1) is 0 Å². The van der Waals surface area contributed by atoms with Crippen molar-refractivity contribution < 1.29 is 27.2 Å². The molecule has 138 valence electrons. The first-order chi connectivity index (χ1) is 12.2. The van der Waals surface area contributed by atoms with E-state index >= 15 is 0 Å². The van der Waals surface area contributed by atoms with Crippen molar-refractivity contribution in [3.05, 3.63) is 65.5 Å². The minimum atomic E-state index is -4.53. The molecule has 26 heavy (non-hydrogen) atoms. The summed E-state index contributed by atoms with van der Waals surface area (Å²) >= 11 is 0. The predicted molar refractivity (Wildman–Crippen MR) is 88.2 cm³/mol. The van der Waals surface area contributed by atoms with E-state index < -0.39 is 29.4 Å². The minimum Gasteiger partial charge on any atom is -0.350 e. The molecule has 0 radical (unpaired) electrons. The number of halogens is 4. The number of anilines is 1. The maximum atomic E-state index is 13.5. The molecule has 0 saturated carbocycles. The average molecular weight is 368 g/mol. The summed E-state index contributed by atoms with van der Waals surface area (Å²) in [6.45, 7) is 1.10. The van der Waals surface area contributed by atoms with Crippen LogP contribution < -0.4 is 10.2 Å². The lowest BCUT2D eigenvalue weighted by molar-refractivity contribution is -0.137. The molecule has 0 saturated heterocycles. The van der Waals surface area contributed by atoms with Gasteiger partial charge in [-0.3, -0.25) is 9.59 Å². The molecule has 0 aromatic heterocycles. The van der Waals surface area contributed by atoms with E-state index in [1.54, 1.807) is 0 Å². The minimum absolute atomic E-state index is 0.0526. The fourth-order valence-electron chi connectivity index (χ4n) is 2.34. The second-order valence-corrected chi connectivity index (χ2v) is 5.45. The monoisotopic (exact) mass is 368 g/mol. The molecule has 0 aliphatic rings. The maximum absolute atomic E-state index is 13.5. The van der Waals surface area contributed by atoms with Gasteiger partial charge in [0.05, 0.1) is 11.1 Å². The molecule has 0 aliphatic heterocycles. The fourth-order valence-corrected chi connectivity index (χ4v) is 2.34. The number of nitrogens with one attached hydrogen (secondary N) is 1. The third-order valence-corrected chi connectivity index (χ3v) is 3.60. The van der Waals surface area contributed by atoms with Crippen molar-refractivity contribution in [2.45, 2.75) is 13.1 Å². The molecule has 2 aromatic rings. The Morgan fingerprint density at radius 1 is 1.08 bits per heavy atom. The Hall–Kier alpha value is -2.90. The van der Waals surface area contributed by atoms with Crippen LogP contribution in [0.15, 0.2) is 48.5 Å². The van der Waals surface area contributed by atoms with Gasteiger partial charge in [0.1, 0.15) is 5.82 Å². The lowest BCUT2D eigenvalue weighted by atomic mass is 10.1. The predicted octanol–water partition coefficient (Wildman–Crippen LogP) is 3.63. The van der Waals surface area contributed by atoms with Crippen LogP contribution in [0.1, 0.15) is 22.8 Å². The molecule has 2 aromatic carbocycles.